The molecule has 0 spiro atoms. The molecule has 0 aromatic heterocycles. The Morgan fingerprint density at radius 1 is 1.25 bits per heavy atom. The maximum absolute atomic E-state index is 6.10. The number of halogens is 1. The van der Waals surface area contributed by atoms with Crippen LogP contribution in [0.25, 0.3) is 0 Å². The van der Waals surface area contributed by atoms with Gasteiger partial charge in [0, 0.05) is 17.6 Å². The Morgan fingerprint density at radius 3 is 2.56 bits per heavy atom. The summed E-state index contributed by atoms with van der Waals surface area (Å²) in [6.45, 7) is 7.64. The van der Waals surface area contributed by atoms with Gasteiger partial charge in [-0.2, -0.15) is 0 Å². The molecular weight excluding hydrogens is 218 g/mol. The largest absolute Gasteiger partial charge is 0.310 e. The molecule has 2 heteroatoms. The highest BCUT2D eigenvalue weighted by Gasteiger charge is 2.07. The maximum Gasteiger partial charge on any atom is 0.0450 e. The molecule has 0 radical (unpaired) electrons. The van der Waals surface area contributed by atoms with Crippen LogP contribution in [0.3, 0.4) is 0 Å². The van der Waals surface area contributed by atoms with Crippen molar-refractivity contribution in [2.45, 2.75) is 46.2 Å². The normalized spacial score (nSPS) is 14.8. The van der Waals surface area contributed by atoms with Crippen molar-refractivity contribution in [3.63, 3.8) is 0 Å². The van der Waals surface area contributed by atoms with Gasteiger partial charge in [-0.3, -0.25) is 0 Å². The molecule has 1 aromatic carbocycles. The molecule has 90 valence electrons. The average Bonchev–Trinajstić information content (AvgIpc) is 2.28. The van der Waals surface area contributed by atoms with Crippen LogP contribution in [0.15, 0.2) is 24.3 Å². The van der Waals surface area contributed by atoms with Gasteiger partial charge in [-0.1, -0.05) is 50.1 Å². The molecular formula is C14H22ClN. The SMILES string of the molecule is CCC(C)CC(C)NCc1ccccc1Cl. The molecule has 16 heavy (non-hydrogen) atoms. The van der Waals surface area contributed by atoms with Crippen molar-refractivity contribution < 1.29 is 0 Å². The van der Waals surface area contributed by atoms with Crippen LogP contribution in [0.1, 0.15) is 39.2 Å². The summed E-state index contributed by atoms with van der Waals surface area (Å²) >= 11 is 6.10. The zero-order chi connectivity index (χ0) is 12.0. The summed E-state index contributed by atoms with van der Waals surface area (Å²) in [5.74, 6) is 0.786. The minimum absolute atomic E-state index is 0.547. The Kier molecular flexibility index (Phi) is 5.86. The van der Waals surface area contributed by atoms with E-state index in [0.717, 1.165) is 17.5 Å². The fourth-order valence-electron chi connectivity index (χ4n) is 1.78. The number of hydrogen-bond donors (Lipinski definition) is 1. The van der Waals surface area contributed by atoms with Crippen molar-refractivity contribution in [1.29, 1.82) is 0 Å². The fraction of sp³-hybridized carbons (Fsp3) is 0.571. The van der Waals surface area contributed by atoms with E-state index in [0.29, 0.717) is 6.04 Å². The molecule has 0 amide bonds. The predicted molar refractivity (Wildman–Crippen MR) is 71.8 cm³/mol. The lowest BCUT2D eigenvalue weighted by molar-refractivity contribution is 0.412. The third kappa shape index (κ3) is 4.54. The summed E-state index contributed by atoms with van der Waals surface area (Å²) in [4.78, 5) is 0. The third-order valence-corrected chi connectivity index (χ3v) is 3.42. The van der Waals surface area contributed by atoms with Gasteiger partial charge in [-0.15, -0.1) is 0 Å². The molecule has 0 saturated heterocycles. The molecule has 0 heterocycles. The first-order valence-electron chi connectivity index (χ1n) is 6.10. The molecule has 1 nitrogen and oxygen atoms in total. The lowest BCUT2D eigenvalue weighted by Gasteiger charge is -2.17. The second-order valence-corrected chi connectivity index (χ2v) is 5.03. The minimum Gasteiger partial charge on any atom is -0.310 e. The monoisotopic (exact) mass is 239 g/mol. The summed E-state index contributed by atoms with van der Waals surface area (Å²) in [7, 11) is 0. The molecule has 0 saturated carbocycles. The van der Waals surface area contributed by atoms with Gasteiger partial charge in [0.25, 0.3) is 0 Å². The Labute approximate surface area is 104 Å². The van der Waals surface area contributed by atoms with Gasteiger partial charge >= 0.3 is 0 Å². The van der Waals surface area contributed by atoms with Gasteiger partial charge < -0.3 is 5.32 Å². The molecule has 1 rings (SSSR count). The molecule has 1 aromatic rings. The number of hydrogen-bond acceptors (Lipinski definition) is 1. The molecule has 2 unspecified atom stereocenters. The zero-order valence-corrected chi connectivity index (χ0v) is 11.2. The molecule has 0 fully saturated rings. The topological polar surface area (TPSA) is 12.0 Å². The fourth-order valence-corrected chi connectivity index (χ4v) is 1.98. The summed E-state index contributed by atoms with van der Waals surface area (Å²) in [6.07, 6.45) is 2.47. The minimum atomic E-state index is 0.547. The average molecular weight is 240 g/mol. The van der Waals surface area contributed by atoms with Crippen molar-refractivity contribution in [2.75, 3.05) is 0 Å². The lowest BCUT2D eigenvalue weighted by atomic mass is 10.0. The van der Waals surface area contributed by atoms with E-state index in [1.165, 1.54) is 18.4 Å². The molecule has 0 aliphatic heterocycles. The van der Waals surface area contributed by atoms with E-state index in [4.69, 9.17) is 11.6 Å². The smallest absolute Gasteiger partial charge is 0.0450 e. The molecule has 1 N–H and O–H groups in total. The van der Waals surface area contributed by atoms with Crippen LogP contribution < -0.4 is 5.32 Å². The van der Waals surface area contributed by atoms with Crippen molar-refractivity contribution in [2.24, 2.45) is 5.92 Å². The summed E-state index contributed by atoms with van der Waals surface area (Å²) in [5, 5.41) is 4.37. The van der Waals surface area contributed by atoms with Crippen LogP contribution in [-0.4, -0.2) is 6.04 Å². The summed E-state index contributed by atoms with van der Waals surface area (Å²) in [5.41, 5.74) is 1.18. The zero-order valence-electron chi connectivity index (χ0n) is 10.5. The molecule has 2 atom stereocenters. The van der Waals surface area contributed by atoms with Gasteiger partial charge in [-0.25, -0.2) is 0 Å². The Bertz CT molecular complexity index is 311. The van der Waals surface area contributed by atoms with E-state index in [9.17, 15) is 0 Å². The molecule has 0 aliphatic rings. The number of benzene rings is 1. The van der Waals surface area contributed by atoms with Crippen LogP contribution in [-0.2, 0) is 6.54 Å². The molecule has 0 aliphatic carbocycles. The van der Waals surface area contributed by atoms with Crippen LogP contribution in [0.4, 0.5) is 0 Å². The standard InChI is InChI=1S/C14H22ClN/c1-4-11(2)9-12(3)16-10-13-7-5-6-8-14(13)15/h5-8,11-12,16H,4,9-10H2,1-3H3. The van der Waals surface area contributed by atoms with Crippen molar-refractivity contribution in [1.82, 2.24) is 5.32 Å². The Morgan fingerprint density at radius 2 is 1.94 bits per heavy atom. The van der Waals surface area contributed by atoms with Crippen LogP contribution >= 0.6 is 11.6 Å². The van der Waals surface area contributed by atoms with Gasteiger partial charge in [0.05, 0.1) is 0 Å². The van der Waals surface area contributed by atoms with Crippen molar-refractivity contribution in [3.8, 4) is 0 Å². The van der Waals surface area contributed by atoms with Crippen LogP contribution in [0.2, 0.25) is 5.02 Å². The first-order chi connectivity index (χ1) is 7.63. The summed E-state index contributed by atoms with van der Waals surface area (Å²) in [6, 6.07) is 8.56. The lowest BCUT2D eigenvalue weighted by Crippen LogP contribution is -2.27. The predicted octanol–water partition coefficient (Wildman–Crippen LogP) is 4.25. The van der Waals surface area contributed by atoms with Crippen LogP contribution in [0.5, 0.6) is 0 Å². The van der Waals surface area contributed by atoms with E-state index in [2.05, 4.69) is 32.2 Å². The second-order valence-electron chi connectivity index (χ2n) is 4.62. The van der Waals surface area contributed by atoms with Gasteiger partial charge in [0.2, 0.25) is 0 Å². The highest BCUT2D eigenvalue weighted by atomic mass is 35.5. The maximum atomic E-state index is 6.10. The van der Waals surface area contributed by atoms with Crippen LogP contribution in [0, 0.1) is 5.92 Å². The Balaban J connectivity index is 2.37. The van der Waals surface area contributed by atoms with Crippen molar-refractivity contribution >= 4 is 11.6 Å². The first-order valence-corrected chi connectivity index (χ1v) is 6.48. The summed E-state index contributed by atoms with van der Waals surface area (Å²) < 4.78 is 0. The van der Waals surface area contributed by atoms with E-state index in [1.807, 2.05) is 18.2 Å². The number of nitrogens with one attached hydrogen (secondary N) is 1. The van der Waals surface area contributed by atoms with E-state index >= 15 is 0 Å². The van der Waals surface area contributed by atoms with Gasteiger partial charge in [0.1, 0.15) is 0 Å². The number of rotatable bonds is 6. The highest BCUT2D eigenvalue weighted by Crippen LogP contribution is 2.15. The third-order valence-electron chi connectivity index (χ3n) is 3.05. The first kappa shape index (κ1) is 13.5. The molecule has 0 bridgehead atoms. The second kappa shape index (κ2) is 6.93. The highest BCUT2D eigenvalue weighted by molar-refractivity contribution is 6.31. The Hall–Kier alpha value is -0.530. The van der Waals surface area contributed by atoms with E-state index in [1.54, 1.807) is 0 Å². The van der Waals surface area contributed by atoms with E-state index in [-0.39, 0.29) is 0 Å². The van der Waals surface area contributed by atoms with E-state index < -0.39 is 0 Å². The quantitative estimate of drug-likeness (QED) is 0.783. The van der Waals surface area contributed by atoms with Gasteiger partial charge in [-0.05, 0) is 30.9 Å². The van der Waals surface area contributed by atoms with Crippen molar-refractivity contribution in [3.05, 3.63) is 34.9 Å². The van der Waals surface area contributed by atoms with Gasteiger partial charge in [0.15, 0.2) is 0 Å².